The number of benzene rings is 1. The number of ketones is 1. The van der Waals surface area contributed by atoms with Crippen molar-refractivity contribution < 1.29 is 27.7 Å². The normalized spacial score (nSPS) is 16.5. The van der Waals surface area contributed by atoms with Crippen LogP contribution in [0, 0.1) is 16.0 Å². The molecule has 0 heterocycles. The maximum atomic E-state index is 13.0. The van der Waals surface area contributed by atoms with Crippen molar-refractivity contribution in [3.05, 3.63) is 34.4 Å². The zero-order valence-electron chi connectivity index (χ0n) is 15.1. The Bertz CT molecular complexity index is 796. The van der Waals surface area contributed by atoms with Crippen LogP contribution in [0.4, 0.5) is 5.69 Å². The second kappa shape index (κ2) is 9.07. The summed E-state index contributed by atoms with van der Waals surface area (Å²) in [5, 5.41) is 9.23. The van der Waals surface area contributed by atoms with E-state index < -0.39 is 31.8 Å². The Hall–Kier alpha value is -2.29. The highest BCUT2D eigenvalue weighted by Gasteiger charge is 2.40. The van der Waals surface area contributed by atoms with Crippen molar-refractivity contribution in [2.45, 2.75) is 55.6 Å². The van der Waals surface area contributed by atoms with Crippen LogP contribution in [0.15, 0.2) is 29.2 Å². The van der Waals surface area contributed by atoms with Crippen molar-refractivity contribution in [1.29, 1.82) is 0 Å². The van der Waals surface area contributed by atoms with E-state index in [1.54, 1.807) is 0 Å². The largest absolute Gasteiger partial charge is 0.460 e. The van der Waals surface area contributed by atoms with Gasteiger partial charge in [-0.15, -0.1) is 0 Å². The molecule has 0 spiro atoms. The van der Waals surface area contributed by atoms with Crippen LogP contribution in [0.25, 0.3) is 0 Å². The highest BCUT2D eigenvalue weighted by atomic mass is 32.2. The van der Waals surface area contributed by atoms with Gasteiger partial charge in [-0.2, -0.15) is 0 Å². The molecule has 2 rings (SSSR count). The molecule has 8 nitrogen and oxygen atoms in total. The number of carbonyl (C=O) groups excluding carboxylic acids is 2. The van der Waals surface area contributed by atoms with Crippen molar-refractivity contribution in [2.24, 2.45) is 5.92 Å². The number of hydrogen-bond donors (Lipinski definition) is 0. The molecule has 1 unspecified atom stereocenters. The molecule has 27 heavy (non-hydrogen) atoms. The van der Waals surface area contributed by atoms with Crippen molar-refractivity contribution in [3.8, 4) is 0 Å². The van der Waals surface area contributed by atoms with Gasteiger partial charge in [0.1, 0.15) is 5.25 Å². The maximum absolute atomic E-state index is 13.0. The first kappa shape index (κ1) is 21.0. The SMILES string of the molecule is CCOC(=O)C(=O)C(CC1CCCCC1)S(=O)(=O)c1ccc([N+](=O)[O-])cc1. The number of rotatable bonds is 8. The number of nitro groups is 1. The van der Waals surface area contributed by atoms with Crippen molar-refractivity contribution >= 4 is 27.3 Å². The quantitative estimate of drug-likeness (QED) is 0.286. The standard InChI is InChI=1S/C18H23NO7S/c1-2-26-18(21)17(20)16(12-13-6-4-3-5-7-13)27(24,25)15-10-8-14(9-11-15)19(22)23/h8-11,13,16H,2-7,12H2,1H3. The Morgan fingerprint density at radius 2 is 1.78 bits per heavy atom. The van der Waals surface area contributed by atoms with Gasteiger partial charge in [-0.05, 0) is 31.4 Å². The van der Waals surface area contributed by atoms with Crippen LogP contribution in [-0.2, 0) is 24.2 Å². The number of nitro benzene ring substituents is 1. The van der Waals surface area contributed by atoms with Crippen LogP contribution in [0.5, 0.6) is 0 Å². The molecule has 1 atom stereocenters. The molecule has 1 aliphatic carbocycles. The van der Waals surface area contributed by atoms with Gasteiger partial charge in [0.2, 0.25) is 0 Å². The summed E-state index contributed by atoms with van der Waals surface area (Å²) in [5.74, 6) is -2.21. The van der Waals surface area contributed by atoms with E-state index in [4.69, 9.17) is 4.74 Å². The summed E-state index contributed by atoms with van der Waals surface area (Å²) >= 11 is 0. The Labute approximate surface area is 158 Å². The highest BCUT2D eigenvalue weighted by Crippen LogP contribution is 2.32. The number of sulfone groups is 1. The van der Waals surface area contributed by atoms with Crippen LogP contribution in [-0.4, -0.2) is 37.0 Å². The van der Waals surface area contributed by atoms with Gasteiger partial charge in [0.25, 0.3) is 11.5 Å². The van der Waals surface area contributed by atoms with Crippen LogP contribution in [0.3, 0.4) is 0 Å². The molecule has 9 heteroatoms. The van der Waals surface area contributed by atoms with Gasteiger partial charge in [0.15, 0.2) is 9.84 Å². The minimum absolute atomic E-state index is 0.0295. The lowest BCUT2D eigenvalue weighted by atomic mass is 9.85. The monoisotopic (exact) mass is 397 g/mol. The molecule has 0 amide bonds. The fourth-order valence-corrected chi connectivity index (χ4v) is 5.10. The number of carbonyl (C=O) groups is 2. The summed E-state index contributed by atoms with van der Waals surface area (Å²) in [7, 11) is -4.18. The molecule has 1 aromatic rings. The third-order valence-electron chi connectivity index (χ3n) is 4.79. The summed E-state index contributed by atoms with van der Waals surface area (Å²) in [6.45, 7) is 1.50. The number of ether oxygens (including phenoxy) is 1. The van der Waals surface area contributed by atoms with Crippen molar-refractivity contribution in [2.75, 3.05) is 6.61 Å². The van der Waals surface area contributed by atoms with Gasteiger partial charge in [0, 0.05) is 12.1 Å². The molecule has 0 aromatic heterocycles. The predicted octanol–water partition coefficient (Wildman–Crippen LogP) is 2.84. The van der Waals surface area contributed by atoms with Crippen LogP contribution in [0.2, 0.25) is 0 Å². The number of non-ortho nitro benzene ring substituents is 1. The predicted molar refractivity (Wildman–Crippen MR) is 96.9 cm³/mol. The summed E-state index contributed by atoms with van der Waals surface area (Å²) in [4.78, 5) is 34.4. The first-order valence-corrected chi connectivity index (χ1v) is 10.5. The maximum Gasteiger partial charge on any atom is 0.376 e. The van der Waals surface area contributed by atoms with Gasteiger partial charge in [-0.1, -0.05) is 32.1 Å². The van der Waals surface area contributed by atoms with E-state index in [1.165, 1.54) is 6.92 Å². The molecule has 1 aromatic carbocycles. The van der Waals surface area contributed by atoms with E-state index >= 15 is 0 Å². The molecular formula is C18H23NO7S. The molecule has 1 fully saturated rings. The lowest BCUT2D eigenvalue weighted by Crippen LogP contribution is -2.38. The molecular weight excluding hydrogens is 374 g/mol. The molecule has 0 saturated heterocycles. The first-order valence-electron chi connectivity index (χ1n) is 8.96. The average molecular weight is 397 g/mol. The van der Waals surface area contributed by atoms with Crippen LogP contribution in [0.1, 0.15) is 45.4 Å². The van der Waals surface area contributed by atoms with Gasteiger partial charge < -0.3 is 4.74 Å². The number of Topliss-reactive ketones (excluding diaryl/α,β-unsaturated/α-hetero) is 1. The Morgan fingerprint density at radius 3 is 2.30 bits per heavy atom. The van der Waals surface area contributed by atoms with E-state index in [0.717, 1.165) is 56.4 Å². The van der Waals surface area contributed by atoms with E-state index in [9.17, 15) is 28.1 Å². The lowest BCUT2D eigenvalue weighted by Gasteiger charge is -2.25. The second-order valence-corrected chi connectivity index (χ2v) is 8.74. The molecule has 0 aliphatic heterocycles. The van der Waals surface area contributed by atoms with E-state index in [2.05, 4.69) is 0 Å². The lowest BCUT2D eigenvalue weighted by molar-refractivity contribution is -0.384. The smallest absolute Gasteiger partial charge is 0.376 e. The fourth-order valence-electron chi connectivity index (χ4n) is 3.36. The molecule has 1 aliphatic rings. The third kappa shape index (κ3) is 5.12. The zero-order chi connectivity index (χ0) is 20.0. The van der Waals surface area contributed by atoms with Gasteiger partial charge in [0.05, 0.1) is 16.4 Å². The molecule has 0 N–H and O–H groups in total. The zero-order valence-corrected chi connectivity index (χ0v) is 15.9. The summed E-state index contributed by atoms with van der Waals surface area (Å²) in [6.07, 6.45) is 4.66. The van der Waals surface area contributed by atoms with Crippen molar-refractivity contribution in [3.63, 3.8) is 0 Å². The fraction of sp³-hybridized carbons (Fsp3) is 0.556. The molecule has 1 saturated carbocycles. The Morgan fingerprint density at radius 1 is 1.19 bits per heavy atom. The summed E-state index contributed by atoms with van der Waals surface area (Å²) in [5.41, 5.74) is -0.255. The van der Waals surface area contributed by atoms with E-state index in [1.807, 2.05) is 0 Å². The molecule has 148 valence electrons. The van der Waals surface area contributed by atoms with E-state index in [0.29, 0.717) is 0 Å². The van der Waals surface area contributed by atoms with Crippen LogP contribution >= 0.6 is 0 Å². The minimum Gasteiger partial charge on any atom is -0.460 e. The van der Waals surface area contributed by atoms with E-state index in [-0.39, 0.29) is 29.5 Å². The number of esters is 1. The van der Waals surface area contributed by atoms with Gasteiger partial charge in [-0.25, -0.2) is 13.2 Å². The minimum atomic E-state index is -4.18. The topological polar surface area (TPSA) is 121 Å². The number of nitrogens with zero attached hydrogens (tertiary/aromatic N) is 1. The van der Waals surface area contributed by atoms with Gasteiger partial charge in [-0.3, -0.25) is 14.9 Å². The Balaban J connectivity index is 2.35. The summed E-state index contributed by atoms with van der Waals surface area (Å²) in [6, 6.07) is 4.33. The second-order valence-electron chi connectivity index (χ2n) is 6.61. The first-order chi connectivity index (χ1) is 12.8. The number of hydrogen-bond acceptors (Lipinski definition) is 7. The van der Waals surface area contributed by atoms with Gasteiger partial charge >= 0.3 is 5.97 Å². The third-order valence-corrected chi connectivity index (χ3v) is 6.88. The summed E-state index contributed by atoms with van der Waals surface area (Å²) < 4.78 is 30.8. The van der Waals surface area contributed by atoms with Crippen molar-refractivity contribution in [1.82, 2.24) is 0 Å². The Kier molecular flexibility index (Phi) is 7.06. The molecule has 0 radical (unpaired) electrons. The average Bonchev–Trinajstić information content (AvgIpc) is 2.66. The molecule has 0 bridgehead atoms. The highest BCUT2D eigenvalue weighted by molar-refractivity contribution is 7.93. The van der Waals surface area contributed by atoms with Crippen LogP contribution < -0.4 is 0 Å².